The van der Waals surface area contributed by atoms with Crippen molar-refractivity contribution in [2.75, 3.05) is 19.5 Å². The second-order valence-electron chi connectivity index (χ2n) is 4.46. The van der Waals surface area contributed by atoms with Gasteiger partial charge in [0.15, 0.2) is 5.11 Å². The fourth-order valence-electron chi connectivity index (χ4n) is 2.31. The van der Waals surface area contributed by atoms with E-state index >= 15 is 0 Å². The second kappa shape index (κ2) is 6.34. The lowest BCUT2D eigenvalue weighted by Gasteiger charge is -2.08. The minimum atomic E-state index is -0.277. The molecule has 2 rings (SSSR count). The van der Waals surface area contributed by atoms with E-state index in [0.717, 1.165) is 29.8 Å². The lowest BCUT2D eigenvalue weighted by Crippen LogP contribution is -2.24. The number of hydrogen-bond donors (Lipinski definition) is 2. The number of nitrogens with one attached hydrogen (secondary N) is 2. The fourth-order valence-corrected chi connectivity index (χ4v) is 3.76. The van der Waals surface area contributed by atoms with E-state index in [1.54, 1.807) is 18.4 Å². The third-order valence-corrected chi connectivity index (χ3v) is 4.78. The quantitative estimate of drug-likeness (QED) is 0.499. The average Bonchev–Trinajstić information content (AvgIpc) is 2.59. The number of fused-ring (bicyclic) bond motifs is 1. The summed E-state index contributed by atoms with van der Waals surface area (Å²) in [4.78, 5) is 13.3. The summed E-state index contributed by atoms with van der Waals surface area (Å²) in [6.45, 7) is 0. The van der Waals surface area contributed by atoms with Crippen LogP contribution in [0.3, 0.4) is 0 Å². The number of hydrogen-bond acceptors (Lipinski definition) is 4. The van der Waals surface area contributed by atoms with Gasteiger partial charge < -0.3 is 15.4 Å². The van der Waals surface area contributed by atoms with Gasteiger partial charge in [-0.05, 0) is 43.5 Å². The van der Waals surface area contributed by atoms with Gasteiger partial charge >= 0.3 is 5.97 Å². The molecule has 1 aromatic rings. The molecule has 1 aliphatic carbocycles. The van der Waals surface area contributed by atoms with E-state index in [0.29, 0.717) is 10.7 Å². The summed E-state index contributed by atoms with van der Waals surface area (Å²) in [6.07, 6.45) is 5.52. The third kappa shape index (κ3) is 3.06. The predicted octanol–water partition coefficient (Wildman–Crippen LogP) is 2.72. The first-order chi connectivity index (χ1) is 9.17. The van der Waals surface area contributed by atoms with Crippen LogP contribution in [0.5, 0.6) is 0 Å². The van der Waals surface area contributed by atoms with Crippen molar-refractivity contribution in [3.63, 3.8) is 0 Å². The number of thiocarbonyl (C=S) groups is 1. The number of methoxy groups -OCH3 is 1. The summed E-state index contributed by atoms with van der Waals surface area (Å²) in [7, 11) is 3.18. The number of carbonyl (C=O) groups is 1. The molecule has 0 atom stereocenters. The van der Waals surface area contributed by atoms with Crippen molar-refractivity contribution < 1.29 is 9.53 Å². The van der Waals surface area contributed by atoms with Gasteiger partial charge in [0.1, 0.15) is 5.00 Å². The number of thiophene rings is 1. The molecule has 1 aromatic heterocycles. The fraction of sp³-hybridized carbons (Fsp3) is 0.538. The molecular weight excluding hydrogens is 280 g/mol. The Balaban J connectivity index is 2.41. The first kappa shape index (κ1) is 14.3. The molecule has 0 saturated carbocycles. The third-order valence-electron chi connectivity index (χ3n) is 3.26. The van der Waals surface area contributed by atoms with E-state index in [-0.39, 0.29) is 5.97 Å². The molecule has 0 spiro atoms. The Labute approximate surface area is 122 Å². The maximum atomic E-state index is 12.0. The van der Waals surface area contributed by atoms with Crippen LogP contribution in [0, 0.1) is 0 Å². The van der Waals surface area contributed by atoms with Crippen LogP contribution in [0.1, 0.15) is 40.1 Å². The second-order valence-corrected chi connectivity index (χ2v) is 5.98. The lowest BCUT2D eigenvalue weighted by molar-refractivity contribution is 0.0601. The summed E-state index contributed by atoms with van der Waals surface area (Å²) >= 11 is 6.74. The topological polar surface area (TPSA) is 50.4 Å². The van der Waals surface area contributed by atoms with Gasteiger partial charge in [-0.25, -0.2) is 4.79 Å². The van der Waals surface area contributed by atoms with Crippen molar-refractivity contribution in [1.29, 1.82) is 0 Å². The number of aryl methyl sites for hydroxylation is 1. The highest BCUT2D eigenvalue weighted by molar-refractivity contribution is 7.80. The highest BCUT2D eigenvalue weighted by atomic mass is 32.1. The van der Waals surface area contributed by atoms with Gasteiger partial charge in [-0.3, -0.25) is 0 Å². The first-order valence-electron chi connectivity index (χ1n) is 6.39. The highest BCUT2D eigenvalue weighted by Gasteiger charge is 2.25. The van der Waals surface area contributed by atoms with Crippen LogP contribution < -0.4 is 10.6 Å². The summed E-state index contributed by atoms with van der Waals surface area (Å²) in [5, 5.41) is 7.28. The van der Waals surface area contributed by atoms with Gasteiger partial charge in [-0.2, -0.15) is 0 Å². The SMILES string of the molecule is CNC(=S)Nc1sc2c(c1C(=O)OC)CCCCC2. The smallest absolute Gasteiger partial charge is 0.341 e. The molecule has 1 aliphatic rings. The van der Waals surface area contributed by atoms with Crippen molar-refractivity contribution in [3.05, 3.63) is 16.0 Å². The maximum absolute atomic E-state index is 12.0. The molecule has 0 aliphatic heterocycles. The summed E-state index contributed by atoms with van der Waals surface area (Å²) in [6, 6.07) is 0. The van der Waals surface area contributed by atoms with Crippen LogP contribution >= 0.6 is 23.6 Å². The molecule has 104 valence electrons. The Hall–Kier alpha value is -1.14. The molecule has 2 N–H and O–H groups in total. The number of ether oxygens (including phenoxy) is 1. The van der Waals surface area contributed by atoms with Gasteiger partial charge in [0.25, 0.3) is 0 Å². The largest absolute Gasteiger partial charge is 0.465 e. The van der Waals surface area contributed by atoms with Gasteiger partial charge in [-0.1, -0.05) is 6.42 Å². The molecule has 0 fully saturated rings. The first-order valence-corrected chi connectivity index (χ1v) is 7.61. The zero-order chi connectivity index (χ0) is 13.8. The van der Waals surface area contributed by atoms with Crippen LogP contribution in [0.2, 0.25) is 0 Å². The van der Waals surface area contributed by atoms with E-state index in [1.165, 1.54) is 24.8 Å². The number of rotatable bonds is 2. The van der Waals surface area contributed by atoms with Gasteiger partial charge in [0, 0.05) is 11.9 Å². The molecule has 0 bridgehead atoms. The number of esters is 1. The molecule has 0 amide bonds. The Morgan fingerprint density at radius 1 is 1.32 bits per heavy atom. The van der Waals surface area contributed by atoms with Gasteiger partial charge in [0.2, 0.25) is 0 Å². The Morgan fingerprint density at radius 3 is 2.74 bits per heavy atom. The van der Waals surface area contributed by atoms with E-state index in [2.05, 4.69) is 10.6 Å². The monoisotopic (exact) mass is 298 g/mol. The van der Waals surface area contributed by atoms with Crippen LogP contribution in [0.4, 0.5) is 5.00 Å². The van der Waals surface area contributed by atoms with Crippen molar-refractivity contribution in [3.8, 4) is 0 Å². The molecule has 0 aromatic carbocycles. The zero-order valence-corrected chi connectivity index (χ0v) is 12.8. The molecule has 0 saturated heterocycles. The van der Waals surface area contributed by atoms with Crippen molar-refractivity contribution >= 4 is 39.6 Å². The van der Waals surface area contributed by atoms with Gasteiger partial charge in [-0.15, -0.1) is 11.3 Å². The van der Waals surface area contributed by atoms with E-state index in [1.807, 2.05) is 0 Å². The normalized spacial score (nSPS) is 14.2. The maximum Gasteiger partial charge on any atom is 0.341 e. The Bertz CT molecular complexity index is 497. The molecule has 0 radical (unpaired) electrons. The number of carbonyl (C=O) groups excluding carboxylic acids is 1. The summed E-state index contributed by atoms with van der Waals surface area (Å²) < 4.78 is 4.92. The Morgan fingerprint density at radius 2 is 2.05 bits per heavy atom. The summed E-state index contributed by atoms with van der Waals surface area (Å²) in [5.74, 6) is -0.277. The molecule has 0 unspecified atom stereocenters. The Kier molecular flexibility index (Phi) is 4.76. The average molecular weight is 298 g/mol. The van der Waals surface area contributed by atoms with Crippen LogP contribution in [-0.2, 0) is 17.6 Å². The molecule has 1 heterocycles. The lowest BCUT2D eigenvalue weighted by atomic mass is 10.1. The molecule has 4 nitrogen and oxygen atoms in total. The van der Waals surface area contributed by atoms with Crippen LogP contribution in [-0.4, -0.2) is 25.2 Å². The van der Waals surface area contributed by atoms with Crippen LogP contribution in [0.25, 0.3) is 0 Å². The minimum Gasteiger partial charge on any atom is -0.465 e. The van der Waals surface area contributed by atoms with Gasteiger partial charge in [0.05, 0.1) is 12.7 Å². The van der Waals surface area contributed by atoms with Crippen LogP contribution in [0.15, 0.2) is 0 Å². The molecule has 6 heteroatoms. The van der Waals surface area contributed by atoms with E-state index in [9.17, 15) is 4.79 Å². The highest BCUT2D eigenvalue weighted by Crippen LogP contribution is 2.37. The summed E-state index contributed by atoms with van der Waals surface area (Å²) in [5.41, 5.74) is 1.82. The van der Waals surface area contributed by atoms with Crippen molar-refractivity contribution in [2.45, 2.75) is 32.1 Å². The predicted molar refractivity (Wildman–Crippen MR) is 82.2 cm³/mol. The van der Waals surface area contributed by atoms with Crippen molar-refractivity contribution in [1.82, 2.24) is 5.32 Å². The van der Waals surface area contributed by atoms with Crippen molar-refractivity contribution in [2.24, 2.45) is 0 Å². The standard InChI is InChI=1S/C13H18N2O2S2/c1-14-13(18)15-11-10(12(16)17-2)8-6-4-3-5-7-9(8)19-11/h3-7H2,1-2H3,(H2,14,15,18). The minimum absolute atomic E-state index is 0.277. The molecule has 19 heavy (non-hydrogen) atoms. The van der Waals surface area contributed by atoms with E-state index in [4.69, 9.17) is 17.0 Å². The molecular formula is C13H18N2O2S2. The zero-order valence-electron chi connectivity index (χ0n) is 11.2. The number of anilines is 1. The van der Waals surface area contributed by atoms with E-state index < -0.39 is 0 Å².